The highest BCUT2D eigenvalue weighted by Crippen LogP contribution is 2.29. The maximum absolute atomic E-state index is 5.93. The molecule has 0 unspecified atom stereocenters. The molecular formula is C24H26ClN5O2S. The summed E-state index contributed by atoms with van der Waals surface area (Å²) in [7, 11) is 1.66. The van der Waals surface area contributed by atoms with Crippen LogP contribution in [0, 0.1) is 0 Å². The van der Waals surface area contributed by atoms with E-state index < -0.39 is 0 Å². The molecule has 1 heterocycles. The Morgan fingerprint density at radius 3 is 2.42 bits per heavy atom. The highest BCUT2D eigenvalue weighted by atomic mass is 35.5. The highest BCUT2D eigenvalue weighted by molar-refractivity contribution is 7.99. The summed E-state index contributed by atoms with van der Waals surface area (Å²) in [6, 6.07) is 26.0. The summed E-state index contributed by atoms with van der Waals surface area (Å²) in [5.74, 6) is 2.32. The second-order valence-corrected chi connectivity index (χ2v) is 8.06. The molecule has 0 spiro atoms. The van der Waals surface area contributed by atoms with E-state index in [-0.39, 0.29) is 12.4 Å². The number of ether oxygens (including phenoxy) is 2. The molecule has 0 aliphatic rings. The molecule has 0 amide bonds. The number of nitrogens with one attached hydrogen (secondary N) is 1. The number of aromatic nitrogens is 4. The van der Waals surface area contributed by atoms with Crippen molar-refractivity contribution in [2.24, 2.45) is 0 Å². The van der Waals surface area contributed by atoms with Gasteiger partial charge in [-0.25, -0.2) is 0 Å². The maximum atomic E-state index is 5.93. The predicted octanol–water partition coefficient (Wildman–Crippen LogP) is 4.55. The molecule has 4 rings (SSSR count). The van der Waals surface area contributed by atoms with Gasteiger partial charge in [0.25, 0.3) is 0 Å². The van der Waals surface area contributed by atoms with Crippen molar-refractivity contribution in [1.29, 1.82) is 0 Å². The number of thioether (sulfide) groups is 1. The molecule has 172 valence electrons. The van der Waals surface area contributed by atoms with Gasteiger partial charge in [-0.15, -0.1) is 17.5 Å². The zero-order chi connectivity index (χ0) is 22.0. The molecule has 3 aromatic carbocycles. The van der Waals surface area contributed by atoms with Gasteiger partial charge < -0.3 is 14.8 Å². The molecule has 4 aromatic rings. The van der Waals surface area contributed by atoms with E-state index >= 15 is 0 Å². The van der Waals surface area contributed by atoms with Gasteiger partial charge in [0, 0.05) is 18.8 Å². The van der Waals surface area contributed by atoms with E-state index in [1.165, 1.54) is 0 Å². The monoisotopic (exact) mass is 483 g/mol. The highest BCUT2D eigenvalue weighted by Gasteiger charge is 2.09. The third-order valence-corrected chi connectivity index (χ3v) is 5.67. The number of tetrazole rings is 1. The van der Waals surface area contributed by atoms with Crippen LogP contribution in [0.15, 0.2) is 84.0 Å². The fourth-order valence-corrected chi connectivity index (χ4v) is 3.91. The molecule has 0 radical (unpaired) electrons. The molecule has 0 bridgehead atoms. The predicted molar refractivity (Wildman–Crippen MR) is 133 cm³/mol. The first kappa shape index (κ1) is 24.6. The van der Waals surface area contributed by atoms with Crippen molar-refractivity contribution in [1.82, 2.24) is 25.5 Å². The van der Waals surface area contributed by atoms with Crippen LogP contribution in [0.1, 0.15) is 11.1 Å². The van der Waals surface area contributed by atoms with Crippen molar-refractivity contribution in [3.63, 3.8) is 0 Å². The number of hydrogen-bond acceptors (Lipinski definition) is 7. The van der Waals surface area contributed by atoms with Crippen molar-refractivity contribution >= 4 is 24.2 Å². The molecular weight excluding hydrogens is 458 g/mol. The Labute approximate surface area is 203 Å². The van der Waals surface area contributed by atoms with Crippen LogP contribution in [-0.4, -0.2) is 39.6 Å². The molecule has 7 nitrogen and oxygen atoms in total. The minimum absolute atomic E-state index is 0. The van der Waals surface area contributed by atoms with Crippen LogP contribution in [0.2, 0.25) is 0 Å². The SMILES string of the molecule is COc1cc(CNCCSc2nnnn2-c2ccccc2)ccc1OCc1ccccc1.Cl. The van der Waals surface area contributed by atoms with Crippen LogP contribution in [0.4, 0.5) is 0 Å². The summed E-state index contributed by atoms with van der Waals surface area (Å²) in [4.78, 5) is 0. The van der Waals surface area contributed by atoms with Crippen LogP contribution >= 0.6 is 24.2 Å². The summed E-state index contributed by atoms with van der Waals surface area (Å²) in [5, 5.41) is 16.2. The van der Waals surface area contributed by atoms with Crippen LogP contribution in [0.3, 0.4) is 0 Å². The lowest BCUT2D eigenvalue weighted by Gasteiger charge is -2.13. The third-order valence-electron chi connectivity index (χ3n) is 4.75. The van der Waals surface area contributed by atoms with Gasteiger partial charge in [0.15, 0.2) is 11.5 Å². The van der Waals surface area contributed by atoms with E-state index in [1.807, 2.05) is 72.8 Å². The summed E-state index contributed by atoms with van der Waals surface area (Å²) in [5.41, 5.74) is 3.21. The van der Waals surface area contributed by atoms with Gasteiger partial charge in [0.2, 0.25) is 5.16 Å². The lowest BCUT2D eigenvalue weighted by molar-refractivity contribution is 0.284. The van der Waals surface area contributed by atoms with E-state index in [4.69, 9.17) is 9.47 Å². The van der Waals surface area contributed by atoms with Crippen molar-refractivity contribution in [2.45, 2.75) is 18.3 Å². The van der Waals surface area contributed by atoms with Crippen LogP contribution in [0.25, 0.3) is 5.69 Å². The number of para-hydroxylation sites is 1. The van der Waals surface area contributed by atoms with E-state index in [1.54, 1.807) is 23.6 Å². The Hall–Kier alpha value is -3.07. The summed E-state index contributed by atoms with van der Waals surface area (Å²) in [6.45, 7) is 2.06. The zero-order valence-corrected chi connectivity index (χ0v) is 19.9. The Balaban J connectivity index is 0.00000306. The van der Waals surface area contributed by atoms with Crippen LogP contribution in [0.5, 0.6) is 11.5 Å². The first-order valence-electron chi connectivity index (χ1n) is 10.3. The minimum Gasteiger partial charge on any atom is -0.493 e. The van der Waals surface area contributed by atoms with E-state index in [2.05, 4.69) is 26.9 Å². The van der Waals surface area contributed by atoms with Crippen LogP contribution < -0.4 is 14.8 Å². The van der Waals surface area contributed by atoms with Crippen LogP contribution in [-0.2, 0) is 13.2 Å². The van der Waals surface area contributed by atoms with Crippen molar-refractivity contribution < 1.29 is 9.47 Å². The fourth-order valence-electron chi connectivity index (χ4n) is 3.12. The average Bonchev–Trinajstić information content (AvgIpc) is 3.32. The van der Waals surface area contributed by atoms with Gasteiger partial charge in [0.1, 0.15) is 6.61 Å². The Morgan fingerprint density at radius 2 is 1.67 bits per heavy atom. The molecule has 9 heteroatoms. The molecule has 0 saturated carbocycles. The number of halogens is 1. The van der Waals surface area contributed by atoms with Gasteiger partial charge in [-0.3, -0.25) is 0 Å². The minimum atomic E-state index is 0. The molecule has 0 atom stereocenters. The number of benzene rings is 3. The van der Waals surface area contributed by atoms with E-state index in [9.17, 15) is 0 Å². The lowest BCUT2D eigenvalue weighted by atomic mass is 10.2. The van der Waals surface area contributed by atoms with Gasteiger partial charge in [0.05, 0.1) is 12.8 Å². The smallest absolute Gasteiger partial charge is 0.214 e. The Bertz CT molecular complexity index is 1110. The van der Waals surface area contributed by atoms with Gasteiger partial charge >= 0.3 is 0 Å². The van der Waals surface area contributed by atoms with E-state index in [0.717, 1.165) is 52.3 Å². The Morgan fingerprint density at radius 1 is 0.909 bits per heavy atom. The topological polar surface area (TPSA) is 74.1 Å². The molecule has 33 heavy (non-hydrogen) atoms. The molecule has 1 aromatic heterocycles. The lowest BCUT2D eigenvalue weighted by Crippen LogP contribution is -2.17. The number of rotatable bonds is 11. The van der Waals surface area contributed by atoms with Crippen molar-refractivity contribution in [3.8, 4) is 17.2 Å². The molecule has 0 saturated heterocycles. The standard InChI is InChI=1S/C24H25N5O2S.ClH/c1-30-23-16-20(12-13-22(23)31-18-19-8-4-2-5-9-19)17-25-14-15-32-24-26-27-28-29(24)21-10-6-3-7-11-21;/h2-13,16,25H,14-15,17-18H2,1H3;1H. The first-order chi connectivity index (χ1) is 15.8. The zero-order valence-electron chi connectivity index (χ0n) is 18.3. The second-order valence-electron chi connectivity index (χ2n) is 6.99. The normalized spacial score (nSPS) is 10.5. The fraction of sp³-hybridized carbons (Fsp3) is 0.208. The van der Waals surface area contributed by atoms with Gasteiger partial charge in [-0.1, -0.05) is 66.4 Å². The van der Waals surface area contributed by atoms with Crippen molar-refractivity contribution in [3.05, 3.63) is 90.0 Å². The molecule has 0 fully saturated rings. The maximum Gasteiger partial charge on any atom is 0.214 e. The summed E-state index contributed by atoms with van der Waals surface area (Å²) in [6.07, 6.45) is 0. The molecule has 0 aliphatic heterocycles. The number of nitrogens with zero attached hydrogens (tertiary/aromatic N) is 4. The first-order valence-corrected chi connectivity index (χ1v) is 11.3. The van der Waals surface area contributed by atoms with Gasteiger partial charge in [-0.05, 0) is 45.8 Å². The average molecular weight is 484 g/mol. The Kier molecular flexibility index (Phi) is 9.56. The number of hydrogen-bond donors (Lipinski definition) is 1. The molecule has 0 aliphatic carbocycles. The number of methoxy groups -OCH3 is 1. The van der Waals surface area contributed by atoms with Crippen molar-refractivity contribution in [2.75, 3.05) is 19.4 Å². The largest absolute Gasteiger partial charge is 0.493 e. The summed E-state index contributed by atoms with van der Waals surface area (Å²) >= 11 is 1.62. The summed E-state index contributed by atoms with van der Waals surface area (Å²) < 4.78 is 13.2. The quantitative estimate of drug-likeness (QED) is 0.248. The van der Waals surface area contributed by atoms with Gasteiger partial charge in [-0.2, -0.15) is 4.68 Å². The third kappa shape index (κ3) is 6.95. The second kappa shape index (κ2) is 12.8. The van der Waals surface area contributed by atoms with E-state index in [0.29, 0.717) is 6.61 Å². The molecule has 1 N–H and O–H groups in total.